The number of nitriles is 1. The van der Waals surface area contributed by atoms with E-state index in [2.05, 4.69) is 9.17 Å². The first-order chi connectivity index (χ1) is 10.8. The summed E-state index contributed by atoms with van der Waals surface area (Å²) < 4.78 is 37.5. The number of anilines is 1. The molecule has 0 fully saturated rings. The van der Waals surface area contributed by atoms with Gasteiger partial charge in [0.25, 0.3) is 5.91 Å². The molecule has 9 heteroatoms. The number of nitrogens with zero attached hydrogens (tertiary/aromatic N) is 3. The van der Waals surface area contributed by atoms with Gasteiger partial charge in [-0.2, -0.15) is 13.7 Å². The number of hydrogen-bond acceptors (Lipinski definition) is 6. The molecular weight excluding hydrogens is 325 g/mol. The van der Waals surface area contributed by atoms with Gasteiger partial charge in [-0.25, -0.2) is 0 Å². The lowest BCUT2D eigenvalue weighted by atomic mass is 10.1. The first-order valence-electron chi connectivity index (χ1n) is 6.18. The van der Waals surface area contributed by atoms with Gasteiger partial charge in [0.1, 0.15) is 6.07 Å². The molecule has 0 aliphatic heterocycles. The van der Waals surface area contributed by atoms with Crippen LogP contribution in [0.15, 0.2) is 42.7 Å². The minimum Gasteiger partial charge on any atom is -0.357 e. The third kappa shape index (κ3) is 4.02. The second-order valence-electron chi connectivity index (χ2n) is 4.38. The van der Waals surface area contributed by atoms with Crippen LogP contribution in [0.3, 0.4) is 0 Å². The van der Waals surface area contributed by atoms with Crippen molar-refractivity contribution in [1.29, 1.82) is 5.26 Å². The van der Waals surface area contributed by atoms with E-state index >= 15 is 0 Å². The topological polar surface area (TPSA) is 100 Å². The number of carbonyl (C=O) groups is 1. The van der Waals surface area contributed by atoms with E-state index in [9.17, 15) is 17.1 Å². The quantitative estimate of drug-likeness (QED) is 0.790. The monoisotopic (exact) mass is 335 g/mol. The molecule has 118 valence electrons. The predicted molar refractivity (Wildman–Crippen MR) is 78.8 cm³/mol. The molecule has 0 N–H and O–H groups in total. The van der Waals surface area contributed by atoms with Crippen molar-refractivity contribution in [3.63, 3.8) is 0 Å². The molecule has 0 saturated heterocycles. The van der Waals surface area contributed by atoms with Crippen LogP contribution < -0.4 is 9.08 Å². The smallest absolute Gasteiger partial charge is 0.357 e. The SMILES string of the molecule is CN(C(=O)c1cncc(OS(=O)(=O)F)c1)c1ccccc1C#N. The highest BCUT2D eigenvalue weighted by atomic mass is 32.3. The standard InChI is InChI=1S/C14H10FN3O4S/c1-18(13-5-3-2-4-10(13)7-16)14(19)11-6-12(9-17-8-11)22-23(15,20)21/h2-6,8-9H,1H3. The van der Waals surface area contributed by atoms with Crippen molar-refractivity contribution in [2.45, 2.75) is 0 Å². The number of amides is 1. The molecule has 0 radical (unpaired) electrons. The van der Waals surface area contributed by atoms with Gasteiger partial charge in [0.15, 0.2) is 5.75 Å². The Balaban J connectivity index is 2.34. The van der Waals surface area contributed by atoms with Crippen LogP contribution in [0.4, 0.5) is 9.57 Å². The van der Waals surface area contributed by atoms with Gasteiger partial charge < -0.3 is 9.08 Å². The van der Waals surface area contributed by atoms with Gasteiger partial charge in [0.2, 0.25) is 0 Å². The first-order valence-corrected chi connectivity index (χ1v) is 7.49. The molecule has 0 bridgehead atoms. The second-order valence-corrected chi connectivity index (χ2v) is 5.33. The largest absolute Gasteiger partial charge is 0.488 e. The zero-order chi connectivity index (χ0) is 17.0. The lowest BCUT2D eigenvalue weighted by Crippen LogP contribution is -2.27. The van der Waals surface area contributed by atoms with E-state index in [1.165, 1.54) is 18.1 Å². The van der Waals surface area contributed by atoms with E-state index in [0.29, 0.717) is 5.69 Å². The lowest BCUT2D eigenvalue weighted by Gasteiger charge is -2.18. The Labute approximate surface area is 132 Å². The Kier molecular flexibility index (Phi) is 4.57. The normalized spacial score (nSPS) is 10.7. The third-order valence-corrected chi connectivity index (χ3v) is 3.24. The molecule has 0 unspecified atom stereocenters. The molecule has 0 saturated carbocycles. The molecule has 1 aromatic heterocycles. The summed E-state index contributed by atoms with van der Waals surface area (Å²) in [4.78, 5) is 17.2. The molecular formula is C14H10FN3O4S. The fraction of sp³-hybridized carbons (Fsp3) is 0.0714. The van der Waals surface area contributed by atoms with Crippen molar-refractivity contribution in [2.24, 2.45) is 0 Å². The van der Waals surface area contributed by atoms with E-state index in [1.807, 2.05) is 6.07 Å². The summed E-state index contributed by atoms with van der Waals surface area (Å²) in [6.45, 7) is 0. The van der Waals surface area contributed by atoms with E-state index < -0.39 is 22.2 Å². The van der Waals surface area contributed by atoms with Crippen LogP contribution in [0.1, 0.15) is 15.9 Å². The number of benzene rings is 1. The minimum atomic E-state index is -5.21. The van der Waals surface area contributed by atoms with Crippen molar-refractivity contribution in [3.8, 4) is 11.8 Å². The highest BCUT2D eigenvalue weighted by Gasteiger charge is 2.18. The van der Waals surface area contributed by atoms with Crippen molar-refractivity contribution < 1.29 is 21.3 Å². The number of pyridine rings is 1. The van der Waals surface area contributed by atoms with E-state index in [1.54, 1.807) is 24.3 Å². The van der Waals surface area contributed by atoms with Crippen LogP contribution in [-0.4, -0.2) is 26.4 Å². The van der Waals surface area contributed by atoms with Crippen LogP contribution in [0, 0.1) is 11.3 Å². The molecule has 7 nitrogen and oxygen atoms in total. The average Bonchev–Trinajstić information content (AvgIpc) is 2.52. The Morgan fingerprint density at radius 2 is 2.04 bits per heavy atom. The molecule has 0 aliphatic rings. The van der Waals surface area contributed by atoms with E-state index in [4.69, 9.17) is 5.26 Å². The van der Waals surface area contributed by atoms with Gasteiger partial charge in [0, 0.05) is 13.2 Å². The highest BCUT2D eigenvalue weighted by Crippen LogP contribution is 2.21. The number of carbonyl (C=O) groups excluding carboxylic acids is 1. The number of halogens is 1. The zero-order valence-electron chi connectivity index (χ0n) is 11.8. The fourth-order valence-corrected chi connectivity index (χ4v) is 2.18. The maximum absolute atomic E-state index is 12.5. The van der Waals surface area contributed by atoms with Crippen LogP contribution in [0.25, 0.3) is 0 Å². The maximum atomic E-state index is 12.5. The van der Waals surface area contributed by atoms with E-state index in [0.717, 1.165) is 12.3 Å². The average molecular weight is 335 g/mol. The van der Waals surface area contributed by atoms with E-state index in [-0.39, 0.29) is 11.1 Å². The number of para-hydroxylation sites is 1. The fourth-order valence-electron chi connectivity index (χ4n) is 1.86. The summed E-state index contributed by atoms with van der Waals surface area (Å²) in [5.74, 6) is -0.998. The Morgan fingerprint density at radius 1 is 1.35 bits per heavy atom. The van der Waals surface area contributed by atoms with Crippen molar-refractivity contribution in [3.05, 3.63) is 53.9 Å². The Bertz CT molecular complexity index is 893. The van der Waals surface area contributed by atoms with Crippen LogP contribution in [-0.2, 0) is 10.5 Å². The molecule has 1 aromatic carbocycles. The van der Waals surface area contributed by atoms with Crippen molar-refractivity contribution in [1.82, 2.24) is 4.98 Å². The second kappa shape index (κ2) is 6.41. The predicted octanol–water partition coefficient (Wildman–Crippen LogP) is 1.82. The van der Waals surface area contributed by atoms with Gasteiger partial charge in [-0.3, -0.25) is 9.78 Å². The summed E-state index contributed by atoms with van der Waals surface area (Å²) in [5, 5.41) is 9.06. The number of rotatable bonds is 4. The summed E-state index contributed by atoms with van der Waals surface area (Å²) in [6, 6.07) is 9.44. The van der Waals surface area contributed by atoms with Crippen LogP contribution >= 0.6 is 0 Å². The molecule has 2 rings (SSSR count). The summed E-state index contributed by atoms with van der Waals surface area (Å²) in [5.41, 5.74) is 0.626. The minimum absolute atomic E-state index is 0.0265. The van der Waals surface area contributed by atoms with Crippen LogP contribution in [0.5, 0.6) is 5.75 Å². The summed E-state index contributed by atoms with van der Waals surface area (Å²) >= 11 is 0. The zero-order valence-corrected chi connectivity index (χ0v) is 12.6. The summed E-state index contributed by atoms with van der Waals surface area (Å²) in [6.07, 6.45) is 2.13. The number of aromatic nitrogens is 1. The third-order valence-electron chi connectivity index (χ3n) is 2.85. The molecule has 1 amide bonds. The Hall–Kier alpha value is -2.99. The van der Waals surface area contributed by atoms with Gasteiger partial charge >= 0.3 is 10.5 Å². The van der Waals surface area contributed by atoms with Gasteiger partial charge in [-0.1, -0.05) is 16.0 Å². The van der Waals surface area contributed by atoms with Crippen molar-refractivity contribution >= 4 is 22.1 Å². The van der Waals surface area contributed by atoms with Gasteiger partial charge in [0.05, 0.1) is 23.0 Å². The van der Waals surface area contributed by atoms with Crippen molar-refractivity contribution in [2.75, 3.05) is 11.9 Å². The molecule has 2 aromatic rings. The van der Waals surface area contributed by atoms with Gasteiger partial charge in [-0.05, 0) is 18.2 Å². The van der Waals surface area contributed by atoms with Crippen LogP contribution in [0.2, 0.25) is 0 Å². The lowest BCUT2D eigenvalue weighted by molar-refractivity contribution is 0.0992. The van der Waals surface area contributed by atoms with Gasteiger partial charge in [-0.15, -0.1) is 0 Å². The molecule has 23 heavy (non-hydrogen) atoms. The molecule has 1 heterocycles. The maximum Gasteiger partial charge on any atom is 0.488 e. The molecule has 0 aliphatic carbocycles. The molecule has 0 atom stereocenters. The summed E-state index contributed by atoms with van der Waals surface area (Å²) in [7, 11) is -3.77. The Morgan fingerprint density at radius 3 is 2.70 bits per heavy atom. The first kappa shape index (κ1) is 16.4. The highest BCUT2D eigenvalue weighted by molar-refractivity contribution is 7.81. The molecule has 0 spiro atoms. The number of hydrogen-bond donors (Lipinski definition) is 0.